The Labute approximate surface area is 148 Å². The fourth-order valence-corrected chi connectivity index (χ4v) is 3.53. The number of rotatable bonds is 3. The number of benzene rings is 2. The molecule has 25 heavy (non-hydrogen) atoms. The van der Waals surface area contributed by atoms with E-state index in [1.165, 1.54) is 0 Å². The molecule has 0 fully saturated rings. The van der Waals surface area contributed by atoms with Gasteiger partial charge in [0, 0.05) is 34.0 Å². The molecule has 0 aliphatic rings. The molecule has 0 spiro atoms. The Bertz CT molecular complexity index is 963. The molecule has 130 valence electrons. The predicted molar refractivity (Wildman–Crippen MR) is 105 cm³/mol. The molecular weight excluding hydrogens is 310 g/mol. The van der Waals surface area contributed by atoms with Gasteiger partial charge >= 0.3 is 0 Å². The highest BCUT2D eigenvalue weighted by Crippen LogP contribution is 2.38. The quantitative estimate of drug-likeness (QED) is 0.675. The van der Waals surface area contributed by atoms with Gasteiger partial charge in [0.2, 0.25) is 0 Å². The van der Waals surface area contributed by atoms with Gasteiger partial charge < -0.3 is 9.30 Å². The molecule has 1 aromatic heterocycles. The third-order valence-corrected chi connectivity index (χ3v) is 4.57. The van der Waals surface area contributed by atoms with Gasteiger partial charge in [-0.1, -0.05) is 51.1 Å². The fraction of sp³-hybridized carbons (Fsp3) is 0.318. The maximum Gasteiger partial charge on any atom is 0.258 e. The number of ether oxygens (including phenoxy) is 1. The summed E-state index contributed by atoms with van der Waals surface area (Å²) in [6, 6.07) is 16.0. The van der Waals surface area contributed by atoms with Crippen LogP contribution in [-0.4, -0.2) is 11.7 Å². The second-order valence-electron chi connectivity index (χ2n) is 7.30. The summed E-state index contributed by atoms with van der Waals surface area (Å²) in [5.74, 6) is 0.762. The summed E-state index contributed by atoms with van der Waals surface area (Å²) in [6.07, 6.45) is 0. The van der Waals surface area contributed by atoms with E-state index in [0.717, 1.165) is 33.3 Å². The summed E-state index contributed by atoms with van der Waals surface area (Å²) in [7, 11) is 1.65. The molecule has 3 nitrogen and oxygen atoms in total. The Balaban J connectivity index is 2.59. The molecule has 0 bridgehead atoms. The van der Waals surface area contributed by atoms with Crippen molar-refractivity contribution < 1.29 is 4.74 Å². The van der Waals surface area contributed by atoms with Crippen molar-refractivity contribution in [2.45, 2.75) is 39.7 Å². The first kappa shape index (κ1) is 17.3. The third kappa shape index (κ3) is 2.95. The zero-order valence-electron chi connectivity index (χ0n) is 15.6. The van der Waals surface area contributed by atoms with Crippen LogP contribution >= 0.6 is 0 Å². The number of methoxy groups -OCH3 is 1. The molecule has 0 saturated carbocycles. The molecule has 1 heterocycles. The highest BCUT2D eigenvalue weighted by Gasteiger charge is 2.26. The van der Waals surface area contributed by atoms with Crippen molar-refractivity contribution in [3.63, 3.8) is 0 Å². The van der Waals surface area contributed by atoms with Crippen molar-refractivity contribution in [3.8, 4) is 16.9 Å². The summed E-state index contributed by atoms with van der Waals surface area (Å²) >= 11 is 0. The Kier molecular flexibility index (Phi) is 4.42. The minimum atomic E-state index is -0.169. The van der Waals surface area contributed by atoms with Crippen LogP contribution in [0.1, 0.15) is 33.4 Å². The summed E-state index contributed by atoms with van der Waals surface area (Å²) in [6.45, 7) is 9.15. The summed E-state index contributed by atoms with van der Waals surface area (Å²) < 4.78 is 7.34. The van der Waals surface area contributed by atoms with Crippen molar-refractivity contribution in [2.75, 3.05) is 7.11 Å². The van der Waals surface area contributed by atoms with Crippen molar-refractivity contribution in [3.05, 3.63) is 64.6 Å². The lowest BCUT2D eigenvalue weighted by Gasteiger charge is -2.28. The van der Waals surface area contributed by atoms with E-state index in [0.29, 0.717) is 6.54 Å². The molecule has 2 aromatic carbocycles. The van der Waals surface area contributed by atoms with Crippen molar-refractivity contribution in [1.82, 2.24) is 4.57 Å². The van der Waals surface area contributed by atoms with Crippen LogP contribution in [0.5, 0.6) is 5.75 Å². The number of hydrogen-bond acceptors (Lipinski definition) is 2. The van der Waals surface area contributed by atoms with Gasteiger partial charge in [-0.3, -0.25) is 4.79 Å². The van der Waals surface area contributed by atoms with Crippen molar-refractivity contribution >= 4 is 10.8 Å². The van der Waals surface area contributed by atoms with Crippen LogP contribution in [0.4, 0.5) is 0 Å². The van der Waals surface area contributed by atoms with Crippen LogP contribution < -0.4 is 10.3 Å². The minimum Gasteiger partial charge on any atom is -0.497 e. The van der Waals surface area contributed by atoms with Gasteiger partial charge in [0.05, 0.1) is 7.11 Å². The average molecular weight is 335 g/mol. The van der Waals surface area contributed by atoms with Gasteiger partial charge in [0.15, 0.2) is 0 Å². The molecule has 0 saturated heterocycles. The lowest BCUT2D eigenvalue weighted by molar-refractivity contribution is 0.415. The second-order valence-corrected chi connectivity index (χ2v) is 7.30. The third-order valence-electron chi connectivity index (χ3n) is 4.57. The molecule has 0 aliphatic carbocycles. The van der Waals surface area contributed by atoms with E-state index >= 15 is 0 Å². The minimum absolute atomic E-state index is 0.0600. The van der Waals surface area contributed by atoms with E-state index in [9.17, 15) is 4.79 Å². The van der Waals surface area contributed by atoms with Crippen LogP contribution in [0, 0.1) is 0 Å². The number of fused-ring (bicyclic) bond motifs is 1. The first-order valence-corrected chi connectivity index (χ1v) is 8.69. The number of aromatic nitrogens is 1. The van der Waals surface area contributed by atoms with Gasteiger partial charge in [0.25, 0.3) is 5.56 Å². The van der Waals surface area contributed by atoms with Gasteiger partial charge in [-0.2, -0.15) is 0 Å². The fourth-order valence-electron chi connectivity index (χ4n) is 3.53. The number of pyridine rings is 1. The number of hydrogen-bond donors (Lipinski definition) is 0. The Hall–Kier alpha value is -2.55. The van der Waals surface area contributed by atoms with Gasteiger partial charge in [-0.25, -0.2) is 0 Å². The van der Waals surface area contributed by atoms with Crippen molar-refractivity contribution in [1.29, 1.82) is 0 Å². The average Bonchev–Trinajstić information content (AvgIpc) is 2.61. The molecule has 3 heteroatoms. The number of nitrogens with zero attached hydrogens (tertiary/aromatic N) is 1. The molecule has 0 aliphatic heterocycles. The zero-order valence-corrected chi connectivity index (χ0v) is 15.6. The van der Waals surface area contributed by atoms with E-state index in [1.54, 1.807) is 7.11 Å². The van der Waals surface area contributed by atoms with E-state index in [1.807, 2.05) is 47.9 Å². The molecule has 0 amide bonds. The monoisotopic (exact) mass is 335 g/mol. The van der Waals surface area contributed by atoms with Gasteiger partial charge in [-0.15, -0.1) is 0 Å². The van der Waals surface area contributed by atoms with E-state index in [-0.39, 0.29) is 11.0 Å². The van der Waals surface area contributed by atoms with Crippen LogP contribution in [0.15, 0.2) is 53.3 Å². The van der Waals surface area contributed by atoms with E-state index in [4.69, 9.17) is 4.74 Å². The van der Waals surface area contributed by atoms with Crippen LogP contribution in [0.2, 0.25) is 0 Å². The SMILES string of the molecule is CCn1c(C(C)(C)C)c(-c2ccccc2)c2cc(OC)ccc2c1=O. The molecule has 0 unspecified atom stereocenters. The maximum absolute atomic E-state index is 13.1. The first-order valence-electron chi connectivity index (χ1n) is 8.69. The summed E-state index contributed by atoms with van der Waals surface area (Å²) in [5.41, 5.74) is 3.19. The van der Waals surface area contributed by atoms with E-state index < -0.39 is 0 Å². The molecule has 0 N–H and O–H groups in total. The highest BCUT2D eigenvalue weighted by molar-refractivity contribution is 5.98. The topological polar surface area (TPSA) is 31.2 Å². The van der Waals surface area contributed by atoms with Crippen LogP contribution in [0.3, 0.4) is 0 Å². The molecular formula is C22H25NO2. The lowest BCUT2D eigenvalue weighted by Crippen LogP contribution is -2.30. The molecule has 0 atom stereocenters. The second kappa shape index (κ2) is 6.40. The Morgan fingerprint density at radius 1 is 1.00 bits per heavy atom. The Morgan fingerprint density at radius 3 is 2.24 bits per heavy atom. The predicted octanol–water partition coefficient (Wildman–Crippen LogP) is 4.99. The Morgan fingerprint density at radius 2 is 1.68 bits per heavy atom. The smallest absolute Gasteiger partial charge is 0.258 e. The molecule has 3 rings (SSSR count). The van der Waals surface area contributed by atoms with Gasteiger partial charge in [-0.05, 0) is 30.7 Å². The van der Waals surface area contributed by atoms with E-state index in [2.05, 4.69) is 32.9 Å². The maximum atomic E-state index is 13.1. The zero-order chi connectivity index (χ0) is 18.2. The molecule has 0 radical (unpaired) electrons. The standard InChI is InChI=1S/C22H25NO2/c1-6-23-20(22(2,3)4)19(15-10-8-7-9-11-15)18-14-16(25-5)12-13-17(18)21(23)24/h7-14H,6H2,1-5H3. The van der Waals surface area contributed by atoms with Gasteiger partial charge in [0.1, 0.15) is 5.75 Å². The normalized spacial score (nSPS) is 11.7. The highest BCUT2D eigenvalue weighted by atomic mass is 16.5. The van der Waals surface area contributed by atoms with Crippen LogP contribution in [0.25, 0.3) is 21.9 Å². The molecule has 3 aromatic rings. The summed E-state index contributed by atoms with van der Waals surface area (Å²) in [4.78, 5) is 13.1. The van der Waals surface area contributed by atoms with Crippen LogP contribution in [-0.2, 0) is 12.0 Å². The van der Waals surface area contributed by atoms with Crippen molar-refractivity contribution in [2.24, 2.45) is 0 Å². The summed E-state index contributed by atoms with van der Waals surface area (Å²) in [5, 5.41) is 1.68. The lowest BCUT2D eigenvalue weighted by atomic mass is 9.83. The first-order chi connectivity index (χ1) is 11.9. The largest absolute Gasteiger partial charge is 0.497 e.